The molecule has 3 nitrogen and oxygen atoms in total. The molecule has 0 spiro atoms. The maximum absolute atomic E-state index is 5.86. The molecule has 0 fully saturated rings. The lowest BCUT2D eigenvalue weighted by atomic mass is 10.4. The van der Waals surface area contributed by atoms with E-state index in [0.717, 1.165) is 5.76 Å². The van der Waals surface area contributed by atoms with Gasteiger partial charge in [0.2, 0.25) is 8.32 Å². The lowest BCUT2D eigenvalue weighted by Crippen LogP contribution is -2.34. The molecule has 0 N–H and O–H groups in total. The Hall–Kier alpha value is -0.106. The standard InChI is InChI=1S/C11H26O3Si2/c1-10(13-15(3,4)5)9-11(12-2)14-16(6,7)8/h11H,1,9H2,2-8H3. The highest BCUT2D eigenvalue weighted by atomic mass is 28.4. The molecule has 0 rings (SSSR count). The van der Waals surface area contributed by atoms with Gasteiger partial charge in [0.15, 0.2) is 14.6 Å². The maximum atomic E-state index is 5.86. The van der Waals surface area contributed by atoms with Crippen molar-refractivity contribution in [1.82, 2.24) is 0 Å². The molecule has 0 saturated heterocycles. The Bertz CT molecular complexity index is 228. The third-order valence-electron chi connectivity index (χ3n) is 1.59. The number of hydrogen-bond acceptors (Lipinski definition) is 3. The molecule has 5 heteroatoms. The minimum Gasteiger partial charge on any atom is -0.548 e. The van der Waals surface area contributed by atoms with Crippen LogP contribution in [0.1, 0.15) is 6.42 Å². The summed E-state index contributed by atoms with van der Waals surface area (Å²) in [5.74, 6) is 0.768. The summed E-state index contributed by atoms with van der Waals surface area (Å²) in [7, 11) is -1.48. The van der Waals surface area contributed by atoms with Gasteiger partial charge in [0.25, 0.3) is 0 Å². The van der Waals surface area contributed by atoms with Crippen molar-refractivity contribution in [3.8, 4) is 0 Å². The van der Waals surface area contributed by atoms with Crippen LogP contribution >= 0.6 is 0 Å². The van der Waals surface area contributed by atoms with Crippen LogP contribution in [-0.2, 0) is 13.6 Å². The van der Waals surface area contributed by atoms with E-state index in [1.807, 2.05) is 0 Å². The molecule has 1 unspecified atom stereocenters. The second kappa shape index (κ2) is 6.00. The smallest absolute Gasteiger partial charge is 0.241 e. The van der Waals surface area contributed by atoms with Crippen molar-refractivity contribution in [2.75, 3.05) is 7.11 Å². The minimum atomic E-state index is -1.58. The molecule has 0 amide bonds. The zero-order valence-electron chi connectivity index (χ0n) is 11.7. The quantitative estimate of drug-likeness (QED) is 0.399. The number of rotatable bonds is 7. The van der Waals surface area contributed by atoms with Gasteiger partial charge in [-0.3, -0.25) is 0 Å². The van der Waals surface area contributed by atoms with E-state index < -0.39 is 16.6 Å². The summed E-state index contributed by atoms with van der Waals surface area (Å²) in [6.45, 7) is 16.8. The predicted octanol–water partition coefficient (Wildman–Crippen LogP) is 3.57. The van der Waals surface area contributed by atoms with E-state index >= 15 is 0 Å². The monoisotopic (exact) mass is 262 g/mol. The van der Waals surface area contributed by atoms with Gasteiger partial charge in [0, 0.05) is 7.11 Å². The third kappa shape index (κ3) is 9.14. The molecule has 0 aliphatic carbocycles. The normalized spacial score (nSPS) is 14.7. The Labute approximate surface area is 102 Å². The van der Waals surface area contributed by atoms with Crippen LogP contribution in [0.3, 0.4) is 0 Å². The fourth-order valence-electron chi connectivity index (χ4n) is 1.23. The number of ether oxygens (including phenoxy) is 1. The Morgan fingerprint density at radius 2 is 1.56 bits per heavy atom. The van der Waals surface area contributed by atoms with Crippen molar-refractivity contribution >= 4 is 16.6 Å². The van der Waals surface area contributed by atoms with Crippen LogP contribution in [-0.4, -0.2) is 30.0 Å². The van der Waals surface area contributed by atoms with Gasteiger partial charge >= 0.3 is 0 Å². The highest BCUT2D eigenvalue weighted by Crippen LogP contribution is 2.18. The van der Waals surface area contributed by atoms with Gasteiger partial charge in [-0.05, 0) is 39.3 Å². The van der Waals surface area contributed by atoms with Gasteiger partial charge < -0.3 is 13.6 Å². The van der Waals surface area contributed by atoms with E-state index in [0.29, 0.717) is 6.42 Å². The van der Waals surface area contributed by atoms with Crippen molar-refractivity contribution in [3.05, 3.63) is 12.3 Å². The van der Waals surface area contributed by atoms with Gasteiger partial charge in [-0.1, -0.05) is 6.58 Å². The molecule has 16 heavy (non-hydrogen) atoms. The van der Waals surface area contributed by atoms with E-state index in [9.17, 15) is 0 Å². The van der Waals surface area contributed by atoms with Gasteiger partial charge in [0.1, 0.15) is 0 Å². The topological polar surface area (TPSA) is 27.7 Å². The lowest BCUT2D eigenvalue weighted by molar-refractivity contribution is -0.0621. The summed E-state index contributed by atoms with van der Waals surface area (Å²) in [5, 5.41) is 0. The van der Waals surface area contributed by atoms with Crippen molar-refractivity contribution < 1.29 is 13.6 Å². The first-order valence-corrected chi connectivity index (χ1v) is 12.4. The van der Waals surface area contributed by atoms with E-state index in [-0.39, 0.29) is 6.29 Å². The predicted molar refractivity (Wildman–Crippen MR) is 73.4 cm³/mol. The molecule has 0 aromatic rings. The average molecular weight is 262 g/mol. The molecule has 0 aliphatic heterocycles. The summed E-state index contributed by atoms with van der Waals surface area (Å²) in [5.41, 5.74) is 0. The van der Waals surface area contributed by atoms with Crippen LogP contribution in [0, 0.1) is 0 Å². The van der Waals surface area contributed by atoms with Crippen LogP contribution < -0.4 is 0 Å². The second-order valence-electron chi connectivity index (χ2n) is 5.85. The second-order valence-corrected chi connectivity index (χ2v) is 14.7. The number of methoxy groups -OCH3 is 1. The largest absolute Gasteiger partial charge is 0.548 e. The molecule has 0 aromatic carbocycles. The Morgan fingerprint density at radius 3 is 1.88 bits per heavy atom. The maximum Gasteiger partial charge on any atom is 0.241 e. The first-order valence-electron chi connectivity index (χ1n) is 5.61. The SMILES string of the molecule is C=C(CC(OC)O[Si](C)(C)C)O[Si](C)(C)C. The summed E-state index contributed by atoms with van der Waals surface area (Å²) in [6.07, 6.45) is 0.390. The number of hydrogen-bond donors (Lipinski definition) is 0. The summed E-state index contributed by atoms with van der Waals surface area (Å²) < 4.78 is 16.9. The van der Waals surface area contributed by atoms with Crippen LogP contribution in [0.25, 0.3) is 0 Å². The van der Waals surface area contributed by atoms with Crippen LogP contribution in [0.2, 0.25) is 39.3 Å². The minimum absolute atomic E-state index is 0.226. The molecule has 0 heterocycles. The zero-order chi connectivity index (χ0) is 13.0. The van der Waals surface area contributed by atoms with Crippen molar-refractivity contribution in [2.24, 2.45) is 0 Å². The van der Waals surface area contributed by atoms with Crippen LogP contribution in [0.5, 0.6) is 0 Å². The van der Waals surface area contributed by atoms with Gasteiger partial charge in [0.05, 0.1) is 12.2 Å². The summed E-state index contributed by atoms with van der Waals surface area (Å²) in [4.78, 5) is 0. The summed E-state index contributed by atoms with van der Waals surface area (Å²) in [6, 6.07) is 0. The molecule has 96 valence electrons. The molecule has 0 saturated carbocycles. The fraction of sp³-hybridized carbons (Fsp3) is 0.818. The average Bonchev–Trinajstić information content (AvgIpc) is 1.96. The van der Waals surface area contributed by atoms with E-state index in [4.69, 9.17) is 13.6 Å². The first-order chi connectivity index (χ1) is 7.03. The molecule has 0 aliphatic rings. The molecule has 0 aromatic heterocycles. The van der Waals surface area contributed by atoms with Crippen molar-refractivity contribution in [3.63, 3.8) is 0 Å². The van der Waals surface area contributed by atoms with Crippen molar-refractivity contribution in [2.45, 2.75) is 52.0 Å². The zero-order valence-corrected chi connectivity index (χ0v) is 13.7. The third-order valence-corrected chi connectivity index (χ3v) is 3.46. The fourth-order valence-corrected chi connectivity index (χ4v) is 3.15. The highest BCUT2D eigenvalue weighted by molar-refractivity contribution is 6.70. The first kappa shape index (κ1) is 15.9. The Kier molecular flexibility index (Phi) is 5.96. The molecule has 0 bridgehead atoms. The molecule has 1 atom stereocenters. The molecule has 0 radical (unpaired) electrons. The molecular formula is C11H26O3Si2. The van der Waals surface area contributed by atoms with Gasteiger partial charge in [-0.15, -0.1) is 0 Å². The van der Waals surface area contributed by atoms with Crippen molar-refractivity contribution in [1.29, 1.82) is 0 Å². The highest BCUT2D eigenvalue weighted by Gasteiger charge is 2.23. The van der Waals surface area contributed by atoms with Gasteiger partial charge in [-0.2, -0.15) is 0 Å². The Morgan fingerprint density at radius 1 is 1.06 bits per heavy atom. The van der Waals surface area contributed by atoms with Crippen LogP contribution in [0.15, 0.2) is 12.3 Å². The lowest BCUT2D eigenvalue weighted by Gasteiger charge is -2.28. The van der Waals surface area contributed by atoms with E-state index in [1.165, 1.54) is 0 Å². The summed E-state index contributed by atoms with van der Waals surface area (Å²) >= 11 is 0. The Balaban J connectivity index is 4.18. The van der Waals surface area contributed by atoms with E-state index in [2.05, 4.69) is 45.9 Å². The van der Waals surface area contributed by atoms with Crippen LogP contribution in [0.4, 0.5) is 0 Å². The molecular weight excluding hydrogens is 236 g/mol. The van der Waals surface area contributed by atoms with Gasteiger partial charge in [-0.25, -0.2) is 0 Å². The van der Waals surface area contributed by atoms with E-state index in [1.54, 1.807) is 7.11 Å².